The molecule has 0 radical (unpaired) electrons. The van der Waals surface area contributed by atoms with E-state index in [-0.39, 0.29) is 18.1 Å². The van der Waals surface area contributed by atoms with Crippen LogP contribution in [0.25, 0.3) is 0 Å². The molecule has 1 aliphatic rings. The van der Waals surface area contributed by atoms with Crippen LogP contribution in [-0.2, 0) is 7.05 Å². The van der Waals surface area contributed by atoms with E-state index in [0.717, 1.165) is 30.8 Å². The van der Waals surface area contributed by atoms with Gasteiger partial charge >= 0.3 is 0 Å². The maximum atomic E-state index is 13.1. The van der Waals surface area contributed by atoms with E-state index in [1.165, 1.54) is 5.56 Å². The highest BCUT2D eigenvalue weighted by Gasteiger charge is 2.34. The molecule has 134 valence electrons. The van der Waals surface area contributed by atoms with Crippen molar-refractivity contribution in [3.8, 4) is 5.88 Å². The molecule has 1 unspecified atom stereocenters. The van der Waals surface area contributed by atoms with Crippen LogP contribution in [0.5, 0.6) is 5.88 Å². The van der Waals surface area contributed by atoms with Crippen molar-refractivity contribution in [3.05, 3.63) is 40.8 Å². The standard InChI is InChI=1S/C19H26N4O2/c1-12(2)25-17-10-6-8-15(20-17)19(24)23-11-7-9-16(23)18-13(3)21-22(5)14(18)4/h6,8,10,12,16H,7,9,11H2,1-5H3. The van der Waals surface area contributed by atoms with Crippen molar-refractivity contribution in [3.63, 3.8) is 0 Å². The van der Waals surface area contributed by atoms with E-state index in [9.17, 15) is 4.79 Å². The Morgan fingerprint density at radius 1 is 1.32 bits per heavy atom. The van der Waals surface area contributed by atoms with Crippen molar-refractivity contribution in [2.45, 2.75) is 52.7 Å². The summed E-state index contributed by atoms with van der Waals surface area (Å²) in [5, 5.41) is 4.51. The summed E-state index contributed by atoms with van der Waals surface area (Å²) < 4.78 is 7.52. The number of hydrogen-bond donors (Lipinski definition) is 0. The Labute approximate surface area is 148 Å². The number of carbonyl (C=O) groups is 1. The molecule has 25 heavy (non-hydrogen) atoms. The van der Waals surface area contributed by atoms with Crippen LogP contribution in [0.3, 0.4) is 0 Å². The minimum absolute atomic E-state index is 0.0260. The van der Waals surface area contributed by atoms with Crippen LogP contribution in [0, 0.1) is 13.8 Å². The third-order valence-electron chi connectivity index (χ3n) is 4.71. The summed E-state index contributed by atoms with van der Waals surface area (Å²) in [6.07, 6.45) is 1.98. The summed E-state index contributed by atoms with van der Waals surface area (Å²) in [6.45, 7) is 8.71. The summed E-state index contributed by atoms with van der Waals surface area (Å²) in [5.74, 6) is 0.449. The van der Waals surface area contributed by atoms with E-state index in [1.54, 1.807) is 12.1 Å². The van der Waals surface area contributed by atoms with Gasteiger partial charge in [0, 0.05) is 30.9 Å². The van der Waals surface area contributed by atoms with Gasteiger partial charge in [-0.25, -0.2) is 4.98 Å². The number of nitrogens with zero attached hydrogens (tertiary/aromatic N) is 4. The Bertz CT molecular complexity index is 782. The van der Waals surface area contributed by atoms with Crippen molar-refractivity contribution in [1.82, 2.24) is 19.7 Å². The minimum Gasteiger partial charge on any atom is -0.475 e. The van der Waals surface area contributed by atoms with Crippen LogP contribution in [0.15, 0.2) is 18.2 Å². The summed E-state index contributed by atoms with van der Waals surface area (Å²) in [6, 6.07) is 5.43. The lowest BCUT2D eigenvalue weighted by molar-refractivity contribution is 0.0727. The molecule has 6 nitrogen and oxygen atoms in total. The number of amides is 1. The van der Waals surface area contributed by atoms with Gasteiger partial charge in [0.05, 0.1) is 17.8 Å². The zero-order valence-electron chi connectivity index (χ0n) is 15.6. The SMILES string of the molecule is Cc1nn(C)c(C)c1C1CCCN1C(=O)c1cccc(OC(C)C)n1. The minimum atomic E-state index is -0.0423. The van der Waals surface area contributed by atoms with Crippen molar-refractivity contribution in [1.29, 1.82) is 0 Å². The molecule has 0 bridgehead atoms. The molecule has 1 aliphatic heterocycles. The molecule has 1 amide bonds. The molecule has 3 rings (SSSR count). The number of rotatable bonds is 4. The predicted molar refractivity (Wildman–Crippen MR) is 95.7 cm³/mol. The van der Waals surface area contributed by atoms with Gasteiger partial charge in [-0.3, -0.25) is 9.48 Å². The maximum Gasteiger partial charge on any atom is 0.273 e. The van der Waals surface area contributed by atoms with Gasteiger partial charge in [0.25, 0.3) is 5.91 Å². The molecular formula is C19H26N4O2. The molecule has 2 aromatic rings. The second-order valence-corrected chi connectivity index (χ2v) is 6.89. The molecule has 1 atom stereocenters. The number of carbonyl (C=O) groups excluding carboxylic acids is 1. The Hall–Kier alpha value is -2.37. The second-order valence-electron chi connectivity index (χ2n) is 6.89. The summed E-state index contributed by atoms with van der Waals surface area (Å²) in [5.41, 5.74) is 3.72. The van der Waals surface area contributed by atoms with Gasteiger partial charge in [-0.05, 0) is 46.6 Å². The van der Waals surface area contributed by atoms with Crippen LogP contribution in [0.2, 0.25) is 0 Å². The summed E-state index contributed by atoms with van der Waals surface area (Å²) in [7, 11) is 1.95. The number of hydrogen-bond acceptors (Lipinski definition) is 4. The van der Waals surface area contributed by atoms with E-state index in [4.69, 9.17) is 4.74 Å². The number of likely N-dealkylation sites (tertiary alicyclic amines) is 1. The second kappa shape index (κ2) is 6.86. The monoisotopic (exact) mass is 342 g/mol. The van der Waals surface area contributed by atoms with Crippen LogP contribution >= 0.6 is 0 Å². The lowest BCUT2D eigenvalue weighted by Gasteiger charge is -2.25. The van der Waals surface area contributed by atoms with Gasteiger partial charge in [0.2, 0.25) is 5.88 Å². The quantitative estimate of drug-likeness (QED) is 0.856. The van der Waals surface area contributed by atoms with Gasteiger partial charge in [-0.1, -0.05) is 6.07 Å². The predicted octanol–water partition coefficient (Wildman–Crippen LogP) is 3.20. The fourth-order valence-corrected chi connectivity index (χ4v) is 3.57. The van der Waals surface area contributed by atoms with Gasteiger partial charge in [0.1, 0.15) is 5.69 Å². The zero-order valence-corrected chi connectivity index (χ0v) is 15.6. The van der Waals surface area contributed by atoms with E-state index in [2.05, 4.69) is 17.0 Å². The molecular weight excluding hydrogens is 316 g/mol. The Morgan fingerprint density at radius 3 is 2.72 bits per heavy atom. The van der Waals surface area contributed by atoms with Crippen LogP contribution < -0.4 is 4.74 Å². The van der Waals surface area contributed by atoms with E-state index in [0.29, 0.717) is 11.6 Å². The first-order valence-corrected chi connectivity index (χ1v) is 8.83. The number of aromatic nitrogens is 3. The highest BCUT2D eigenvalue weighted by atomic mass is 16.5. The molecule has 1 saturated heterocycles. The molecule has 1 fully saturated rings. The molecule has 0 aliphatic carbocycles. The van der Waals surface area contributed by atoms with E-state index >= 15 is 0 Å². The third kappa shape index (κ3) is 3.38. The van der Waals surface area contributed by atoms with Crippen LogP contribution in [0.4, 0.5) is 0 Å². The molecule has 0 aromatic carbocycles. The number of aryl methyl sites for hydroxylation is 2. The molecule has 2 aromatic heterocycles. The Morgan fingerprint density at radius 2 is 2.08 bits per heavy atom. The Balaban J connectivity index is 1.89. The number of ether oxygens (including phenoxy) is 1. The topological polar surface area (TPSA) is 60.2 Å². The Kier molecular flexibility index (Phi) is 4.79. The van der Waals surface area contributed by atoms with Gasteiger partial charge in [-0.2, -0.15) is 5.10 Å². The van der Waals surface area contributed by atoms with Gasteiger partial charge < -0.3 is 9.64 Å². The number of pyridine rings is 1. The zero-order chi connectivity index (χ0) is 18.1. The summed E-state index contributed by atoms with van der Waals surface area (Å²) >= 11 is 0. The molecule has 0 spiro atoms. The van der Waals surface area contributed by atoms with Crippen LogP contribution in [-0.4, -0.2) is 38.2 Å². The highest BCUT2D eigenvalue weighted by molar-refractivity contribution is 5.93. The fraction of sp³-hybridized carbons (Fsp3) is 0.526. The molecule has 0 N–H and O–H groups in total. The van der Waals surface area contributed by atoms with Crippen molar-refractivity contribution in [2.24, 2.45) is 7.05 Å². The van der Waals surface area contributed by atoms with Gasteiger partial charge in [0.15, 0.2) is 0 Å². The first-order valence-electron chi connectivity index (χ1n) is 8.83. The average Bonchev–Trinajstić information content (AvgIpc) is 3.11. The average molecular weight is 342 g/mol. The molecule has 3 heterocycles. The lowest BCUT2D eigenvalue weighted by atomic mass is 10.0. The summed E-state index contributed by atoms with van der Waals surface area (Å²) in [4.78, 5) is 19.4. The van der Waals surface area contributed by atoms with Crippen molar-refractivity contribution in [2.75, 3.05) is 6.54 Å². The highest BCUT2D eigenvalue weighted by Crippen LogP contribution is 2.36. The smallest absolute Gasteiger partial charge is 0.273 e. The maximum absolute atomic E-state index is 13.1. The molecule has 0 saturated carbocycles. The van der Waals surface area contributed by atoms with E-state index in [1.807, 2.05) is 43.5 Å². The fourth-order valence-electron chi connectivity index (χ4n) is 3.57. The first-order chi connectivity index (χ1) is 11.9. The first kappa shape index (κ1) is 17.5. The molecule has 6 heteroatoms. The van der Waals surface area contributed by atoms with Crippen molar-refractivity contribution >= 4 is 5.91 Å². The van der Waals surface area contributed by atoms with Gasteiger partial charge in [-0.15, -0.1) is 0 Å². The lowest BCUT2D eigenvalue weighted by Crippen LogP contribution is -2.31. The van der Waals surface area contributed by atoms with Crippen molar-refractivity contribution < 1.29 is 9.53 Å². The third-order valence-corrected chi connectivity index (χ3v) is 4.71. The van der Waals surface area contributed by atoms with E-state index < -0.39 is 0 Å². The normalized spacial score (nSPS) is 17.4. The van der Waals surface area contributed by atoms with Crippen LogP contribution in [0.1, 0.15) is 60.2 Å². The largest absolute Gasteiger partial charge is 0.475 e.